The SMILES string of the molecule is O=C([O-])/C=C/C(=O)O.[ClH2+]. The molecular formula is C4H5ClO4. The Kier molecular flexibility index (Phi) is 6.17. The molecule has 0 spiro atoms. The second kappa shape index (κ2) is 5.11. The minimum absolute atomic E-state index is 0. The Hall–Kier alpha value is -1.03. The van der Waals surface area contributed by atoms with Crippen LogP contribution in [0.15, 0.2) is 12.2 Å². The van der Waals surface area contributed by atoms with Crippen LogP contribution in [0.1, 0.15) is 0 Å². The van der Waals surface area contributed by atoms with Gasteiger partial charge in [0, 0.05) is 6.08 Å². The van der Waals surface area contributed by atoms with E-state index < -0.39 is 11.9 Å². The highest BCUT2D eigenvalue weighted by molar-refractivity contribution is 5.88. The molecule has 0 aromatic rings. The maximum atomic E-state index is 9.53. The molecule has 0 atom stereocenters. The number of carboxylic acids is 2. The van der Waals surface area contributed by atoms with Gasteiger partial charge in [-0.25, -0.2) is 4.79 Å². The van der Waals surface area contributed by atoms with Crippen LogP contribution >= 0.6 is 0 Å². The van der Waals surface area contributed by atoms with Crippen LogP contribution in [0.3, 0.4) is 0 Å². The van der Waals surface area contributed by atoms with Crippen molar-refractivity contribution in [1.82, 2.24) is 0 Å². The zero-order chi connectivity index (χ0) is 6.57. The topological polar surface area (TPSA) is 77.4 Å². The predicted molar refractivity (Wildman–Crippen MR) is 24.6 cm³/mol. The van der Waals surface area contributed by atoms with Gasteiger partial charge in [-0.1, -0.05) is 0 Å². The van der Waals surface area contributed by atoms with E-state index in [0.29, 0.717) is 12.2 Å². The highest BCUT2D eigenvalue weighted by Gasteiger charge is 1.81. The molecule has 0 rings (SSSR count). The summed E-state index contributed by atoms with van der Waals surface area (Å²) < 4.78 is 0. The van der Waals surface area contributed by atoms with E-state index in [-0.39, 0.29) is 12.4 Å². The van der Waals surface area contributed by atoms with Crippen LogP contribution in [-0.2, 0) is 9.59 Å². The lowest BCUT2D eigenvalue weighted by Gasteiger charge is -1.85. The fourth-order valence-electron chi connectivity index (χ4n) is 0.139. The first-order chi connectivity index (χ1) is 3.63. The molecule has 0 bridgehead atoms. The van der Waals surface area contributed by atoms with Gasteiger partial charge < -0.3 is 15.0 Å². The molecule has 0 fully saturated rings. The van der Waals surface area contributed by atoms with E-state index in [4.69, 9.17) is 5.11 Å². The first-order valence-corrected chi connectivity index (χ1v) is 1.75. The van der Waals surface area contributed by atoms with E-state index in [2.05, 4.69) is 0 Å². The van der Waals surface area contributed by atoms with E-state index in [1.54, 1.807) is 0 Å². The third-order valence-corrected chi connectivity index (χ3v) is 0.362. The summed E-state index contributed by atoms with van der Waals surface area (Å²) in [6, 6.07) is 0. The summed E-state index contributed by atoms with van der Waals surface area (Å²) in [5.41, 5.74) is 0. The fraction of sp³-hybridized carbons (Fsp3) is 0. The average Bonchev–Trinajstić information content (AvgIpc) is 1.61. The minimum atomic E-state index is -1.51. The van der Waals surface area contributed by atoms with Crippen molar-refractivity contribution in [2.45, 2.75) is 0 Å². The monoisotopic (exact) mass is 152 g/mol. The second-order valence-corrected chi connectivity index (χ2v) is 0.991. The molecule has 4 nitrogen and oxygen atoms in total. The zero-order valence-corrected chi connectivity index (χ0v) is 5.17. The molecule has 0 radical (unpaired) electrons. The van der Waals surface area contributed by atoms with Gasteiger partial charge in [0.1, 0.15) is 0 Å². The summed E-state index contributed by atoms with van der Waals surface area (Å²) in [6.07, 6.45) is 0.942. The molecule has 0 saturated heterocycles. The van der Waals surface area contributed by atoms with Gasteiger partial charge in [0.15, 0.2) is 0 Å². The summed E-state index contributed by atoms with van der Waals surface area (Å²) in [4.78, 5) is 19.0. The van der Waals surface area contributed by atoms with Crippen LogP contribution < -0.4 is 5.11 Å². The number of hydrogen-bond donors (Lipinski definition) is 1. The van der Waals surface area contributed by atoms with Crippen LogP contribution in [0, 0.1) is 12.4 Å². The molecule has 0 aromatic carbocycles. The lowest BCUT2D eigenvalue weighted by Crippen LogP contribution is -2.19. The molecule has 5 heteroatoms. The summed E-state index contributed by atoms with van der Waals surface area (Å²) in [6.45, 7) is 0. The van der Waals surface area contributed by atoms with Crippen molar-refractivity contribution in [3.8, 4) is 0 Å². The van der Waals surface area contributed by atoms with E-state index in [0.717, 1.165) is 0 Å². The van der Waals surface area contributed by atoms with Gasteiger partial charge in [-0.15, -0.1) is 0 Å². The van der Waals surface area contributed by atoms with Crippen molar-refractivity contribution in [2.75, 3.05) is 0 Å². The fourth-order valence-corrected chi connectivity index (χ4v) is 0.139. The molecule has 9 heavy (non-hydrogen) atoms. The van der Waals surface area contributed by atoms with Crippen LogP contribution in [0.25, 0.3) is 0 Å². The average molecular weight is 153 g/mol. The standard InChI is InChI=1S/C4H4O4.ClH2/c5-3(6)1-2-4(7)8;/h1-2H,(H,5,6)(H,7,8);1H2/q;+1/p-1/b2-1+;. The molecule has 0 aromatic heterocycles. The molecule has 0 amide bonds. The Morgan fingerprint density at radius 1 is 1.33 bits per heavy atom. The quantitative estimate of drug-likeness (QED) is 0.458. The van der Waals surface area contributed by atoms with Gasteiger partial charge in [-0.05, 0) is 6.08 Å². The minimum Gasteiger partial charge on any atom is -0.545 e. The molecule has 0 saturated carbocycles. The van der Waals surface area contributed by atoms with Gasteiger partial charge >= 0.3 is 5.97 Å². The van der Waals surface area contributed by atoms with E-state index >= 15 is 0 Å². The van der Waals surface area contributed by atoms with E-state index in [1.165, 1.54) is 0 Å². The van der Waals surface area contributed by atoms with Gasteiger partial charge in [0.25, 0.3) is 0 Å². The second-order valence-electron chi connectivity index (χ2n) is 0.991. The molecule has 0 aliphatic heterocycles. The number of carbonyl (C=O) groups is 2. The Labute approximate surface area is 57.2 Å². The van der Waals surface area contributed by atoms with Crippen molar-refractivity contribution in [2.24, 2.45) is 0 Å². The molecule has 0 aliphatic carbocycles. The van der Waals surface area contributed by atoms with E-state index in [9.17, 15) is 14.7 Å². The van der Waals surface area contributed by atoms with Gasteiger partial charge in [0.05, 0.1) is 18.4 Å². The molecule has 52 valence electrons. The summed E-state index contributed by atoms with van der Waals surface area (Å²) >= 11 is 0. The Morgan fingerprint density at radius 2 is 1.78 bits per heavy atom. The van der Waals surface area contributed by atoms with Crippen LogP contribution in [-0.4, -0.2) is 17.0 Å². The van der Waals surface area contributed by atoms with Crippen LogP contribution in [0.5, 0.6) is 0 Å². The maximum absolute atomic E-state index is 9.53. The van der Waals surface area contributed by atoms with Gasteiger partial charge in [0.2, 0.25) is 0 Å². The maximum Gasteiger partial charge on any atom is 0.328 e. The highest BCUT2D eigenvalue weighted by atomic mass is 35.5. The van der Waals surface area contributed by atoms with Gasteiger partial charge in [-0.2, -0.15) is 0 Å². The summed E-state index contributed by atoms with van der Waals surface area (Å²) in [5.74, 6) is -2.80. The van der Waals surface area contributed by atoms with Crippen molar-refractivity contribution in [1.29, 1.82) is 0 Å². The Morgan fingerprint density at radius 3 is 1.89 bits per heavy atom. The Bertz CT molecular complexity index is 124. The third kappa shape index (κ3) is 10.9. The zero-order valence-electron chi connectivity index (χ0n) is 4.27. The lowest BCUT2D eigenvalue weighted by atomic mass is 10.5. The number of hydrogen-bond acceptors (Lipinski definition) is 3. The van der Waals surface area contributed by atoms with Crippen LogP contribution in [0.4, 0.5) is 0 Å². The smallest absolute Gasteiger partial charge is 0.328 e. The van der Waals surface area contributed by atoms with E-state index in [1.807, 2.05) is 0 Å². The number of aliphatic carboxylic acids is 2. The first-order valence-electron chi connectivity index (χ1n) is 1.75. The molecular weight excluding hydrogens is 147 g/mol. The highest BCUT2D eigenvalue weighted by Crippen LogP contribution is 1.67. The molecule has 1 N–H and O–H groups in total. The van der Waals surface area contributed by atoms with Crippen molar-refractivity contribution in [3.05, 3.63) is 12.2 Å². The Balaban J connectivity index is 0. The van der Waals surface area contributed by atoms with Crippen molar-refractivity contribution < 1.29 is 32.2 Å². The van der Waals surface area contributed by atoms with Crippen molar-refractivity contribution >= 4 is 11.9 Å². The number of halogens is 1. The lowest BCUT2D eigenvalue weighted by molar-refractivity contribution is -0.297. The predicted octanol–water partition coefficient (Wildman–Crippen LogP) is -2.16. The number of rotatable bonds is 2. The third-order valence-electron chi connectivity index (χ3n) is 0.362. The van der Waals surface area contributed by atoms with Crippen molar-refractivity contribution in [3.63, 3.8) is 0 Å². The molecule has 0 unspecified atom stereocenters. The van der Waals surface area contributed by atoms with Crippen LogP contribution in [0.2, 0.25) is 0 Å². The largest absolute Gasteiger partial charge is 0.545 e. The normalized spacial score (nSPS) is 8.44. The molecule has 0 heterocycles. The molecule has 0 aliphatic rings. The first kappa shape index (κ1) is 10.9. The summed E-state index contributed by atoms with van der Waals surface area (Å²) in [7, 11) is 0. The number of carbonyl (C=O) groups excluding carboxylic acids is 1. The summed E-state index contributed by atoms with van der Waals surface area (Å²) in [5, 5.41) is 17.2. The number of carboxylic acid groups (broad SMARTS) is 2. The van der Waals surface area contributed by atoms with Gasteiger partial charge in [-0.3, -0.25) is 0 Å².